The zero-order valence-electron chi connectivity index (χ0n) is 9.34. The quantitative estimate of drug-likeness (QED) is 0.827. The molecule has 3 N–H and O–H groups in total. The number of aromatic amines is 1. The highest BCUT2D eigenvalue weighted by atomic mass is 19.3. The first-order chi connectivity index (χ1) is 8.06. The number of alkyl halides is 2. The number of hydrogen-bond acceptors (Lipinski definition) is 1. The molecule has 3 rings (SSSR count). The topological polar surface area (TPSA) is 41.8 Å². The van der Waals surface area contributed by atoms with Gasteiger partial charge in [-0.25, -0.2) is 8.78 Å². The minimum absolute atomic E-state index is 0.138. The van der Waals surface area contributed by atoms with E-state index in [0.717, 1.165) is 16.5 Å². The summed E-state index contributed by atoms with van der Waals surface area (Å²) in [5, 5.41) is 1.01. The number of nitrogens with two attached hydrogens (primary N) is 1. The molecule has 1 aromatic heterocycles. The van der Waals surface area contributed by atoms with Crippen LogP contribution in [0.1, 0.15) is 18.4 Å². The van der Waals surface area contributed by atoms with E-state index in [2.05, 4.69) is 4.98 Å². The van der Waals surface area contributed by atoms with Gasteiger partial charge in [-0.1, -0.05) is 12.1 Å². The van der Waals surface area contributed by atoms with E-state index in [1.54, 1.807) is 0 Å². The third-order valence-corrected chi connectivity index (χ3v) is 3.75. The summed E-state index contributed by atoms with van der Waals surface area (Å²) in [6.45, 7) is 0.271. The maximum absolute atomic E-state index is 13.2. The van der Waals surface area contributed by atoms with Gasteiger partial charge in [-0.15, -0.1) is 0 Å². The van der Waals surface area contributed by atoms with Crippen molar-refractivity contribution in [3.8, 4) is 0 Å². The van der Waals surface area contributed by atoms with Crippen LogP contribution in [-0.4, -0.2) is 17.5 Å². The first kappa shape index (κ1) is 10.7. The van der Waals surface area contributed by atoms with Gasteiger partial charge in [0.2, 0.25) is 5.92 Å². The number of halogens is 2. The third-order valence-electron chi connectivity index (χ3n) is 3.75. The lowest BCUT2D eigenvalue weighted by Gasteiger charge is -2.47. The van der Waals surface area contributed by atoms with Crippen molar-refractivity contribution in [1.29, 1.82) is 0 Å². The number of benzene rings is 1. The van der Waals surface area contributed by atoms with Crippen LogP contribution >= 0.6 is 0 Å². The molecule has 1 aliphatic carbocycles. The Bertz CT molecular complexity index is 551. The van der Waals surface area contributed by atoms with Gasteiger partial charge in [0.15, 0.2) is 0 Å². The van der Waals surface area contributed by atoms with Gasteiger partial charge in [0.1, 0.15) is 0 Å². The number of fused-ring (bicyclic) bond motifs is 1. The summed E-state index contributed by atoms with van der Waals surface area (Å²) in [5.41, 5.74) is 7.11. The van der Waals surface area contributed by atoms with Crippen molar-refractivity contribution in [2.24, 2.45) is 5.73 Å². The molecule has 1 saturated carbocycles. The van der Waals surface area contributed by atoms with E-state index < -0.39 is 11.3 Å². The van der Waals surface area contributed by atoms with Gasteiger partial charge in [-0.3, -0.25) is 0 Å². The van der Waals surface area contributed by atoms with Crippen LogP contribution in [0.5, 0.6) is 0 Å². The molecule has 4 heteroatoms. The van der Waals surface area contributed by atoms with E-state index in [4.69, 9.17) is 5.73 Å². The van der Waals surface area contributed by atoms with E-state index in [-0.39, 0.29) is 19.4 Å². The summed E-state index contributed by atoms with van der Waals surface area (Å²) in [5.74, 6) is -2.56. The fourth-order valence-electron chi connectivity index (χ4n) is 2.93. The minimum Gasteiger partial charge on any atom is -0.361 e. The second kappa shape index (κ2) is 3.29. The SMILES string of the molecule is NCC1(c2cccc3[nH]ccc23)CC(F)(F)C1. The Hall–Kier alpha value is -1.42. The first-order valence-electron chi connectivity index (χ1n) is 5.71. The van der Waals surface area contributed by atoms with Crippen molar-refractivity contribution in [1.82, 2.24) is 4.98 Å². The summed E-state index contributed by atoms with van der Waals surface area (Å²) < 4.78 is 26.3. The van der Waals surface area contributed by atoms with Crippen LogP contribution < -0.4 is 5.73 Å². The molecule has 0 atom stereocenters. The maximum atomic E-state index is 13.2. The van der Waals surface area contributed by atoms with Crippen molar-refractivity contribution in [3.63, 3.8) is 0 Å². The number of rotatable bonds is 2. The molecule has 1 heterocycles. The van der Waals surface area contributed by atoms with Crippen molar-refractivity contribution in [3.05, 3.63) is 36.0 Å². The molecule has 0 aliphatic heterocycles. The number of H-pyrrole nitrogens is 1. The van der Waals surface area contributed by atoms with Gasteiger partial charge >= 0.3 is 0 Å². The second-order valence-electron chi connectivity index (χ2n) is 4.94. The predicted octanol–water partition coefficient (Wildman–Crippen LogP) is 2.79. The molecule has 2 aromatic rings. The molecule has 1 aliphatic rings. The van der Waals surface area contributed by atoms with E-state index in [9.17, 15) is 8.78 Å². The van der Waals surface area contributed by atoms with E-state index >= 15 is 0 Å². The number of hydrogen-bond donors (Lipinski definition) is 2. The minimum atomic E-state index is -2.56. The third kappa shape index (κ3) is 1.47. The molecule has 17 heavy (non-hydrogen) atoms. The van der Waals surface area contributed by atoms with E-state index in [1.807, 2.05) is 30.5 Å². The molecular weight excluding hydrogens is 222 g/mol. The molecular formula is C13H14F2N2. The van der Waals surface area contributed by atoms with Crippen molar-refractivity contribution < 1.29 is 8.78 Å². The Labute approximate surface area is 97.8 Å². The van der Waals surface area contributed by atoms with Gasteiger partial charge in [-0.05, 0) is 17.7 Å². The van der Waals surface area contributed by atoms with Crippen LogP contribution in [-0.2, 0) is 5.41 Å². The van der Waals surface area contributed by atoms with E-state index in [1.165, 1.54) is 0 Å². The van der Waals surface area contributed by atoms with Crippen LogP contribution in [0, 0.1) is 0 Å². The molecule has 2 nitrogen and oxygen atoms in total. The summed E-state index contributed by atoms with van der Waals surface area (Å²) in [6.07, 6.45) is 1.55. The Balaban J connectivity index is 2.12. The van der Waals surface area contributed by atoms with Gasteiger partial charge in [0.05, 0.1) is 0 Å². The largest absolute Gasteiger partial charge is 0.361 e. The van der Waals surface area contributed by atoms with Crippen molar-refractivity contribution >= 4 is 10.9 Å². The molecule has 0 spiro atoms. The van der Waals surface area contributed by atoms with Gasteiger partial charge < -0.3 is 10.7 Å². The Morgan fingerprint density at radius 3 is 2.65 bits per heavy atom. The van der Waals surface area contributed by atoms with Crippen molar-refractivity contribution in [2.45, 2.75) is 24.2 Å². The fourth-order valence-corrected chi connectivity index (χ4v) is 2.93. The first-order valence-corrected chi connectivity index (χ1v) is 5.71. The van der Waals surface area contributed by atoms with Gasteiger partial charge in [0, 0.05) is 41.9 Å². The molecule has 1 fully saturated rings. The number of aromatic nitrogens is 1. The zero-order chi connectivity index (χ0) is 12.1. The smallest absolute Gasteiger partial charge is 0.250 e. The summed E-state index contributed by atoms with van der Waals surface area (Å²) in [7, 11) is 0. The van der Waals surface area contributed by atoms with Crippen LogP contribution in [0.3, 0.4) is 0 Å². The maximum Gasteiger partial charge on any atom is 0.250 e. The summed E-state index contributed by atoms with van der Waals surface area (Å²) in [4.78, 5) is 3.10. The van der Waals surface area contributed by atoms with Gasteiger partial charge in [-0.2, -0.15) is 0 Å². The molecule has 0 saturated heterocycles. The highest BCUT2D eigenvalue weighted by Gasteiger charge is 2.56. The average molecular weight is 236 g/mol. The summed E-state index contributed by atoms with van der Waals surface area (Å²) >= 11 is 0. The highest BCUT2D eigenvalue weighted by Crippen LogP contribution is 2.53. The molecule has 0 unspecified atom stereocenters. The Kier molecular flexibility index (Phi) is 2.08. The monoisotopic (exact) mass is 236 g/mol. The predicted molar refractivity (Wildman–Crippen MR) is 63.2 cm³/mol. The lowest BCUT2D eigenvalue weighted by Crippen LogP contribution is -2.53. The normalized spacial score (nSPS) is 21.4. The summed E-state index contributed by atoms with van der Waals surface area (Å²) in [6, 6.07) is 7.68. The highest BCUT2D eigenvalue weighted by molar-refractivity contribution is 5.84. The van der Waals surface area contributed by atoms with Crippen LogP contribution in [0.4, 0.5) is 8.78 Å². The van der Waals surface area contributed by atoms with Crippen LogP contribution in [0.25, 0.3) is 10.9 Å². The molecule has 0 bridgehead atoms. The van der Waals surface area contributed by atoms with Crippen LogP contribution in [0.2, 0.25) is 0 Å². The molecule has 0 radical (unpaired) electrons. The fraction of sp³-hybridized carbons (Fsp3) is 0.385. The lowest BCUT2D eigenvalue weighted by molar-refractivity contribution is -0.123. The van der Waals surface area contributed by atoms with Crippen LogP contribution in [0.15, 0.2) is 30.5 Å². The van der Waals surface area contributed by atoms with E-state index in [0.29, 0.717) is 0 Å². The lowest BCUT2D eigenvalue weighted by atomic mass is 9.61. The van der Waals surface area contributed by atoms with Crippen molar-refractivity contribution in [2.75, 3.05) is 6.54 Å². The van der Waals surface area contributed by atoms with Gasteiger partial charge in [0.25, 0.3) is 0 Å². The second-order valence-corrected chi connectivity index (χ2v) is 4.94. The molecule has 0 amide bonds. The molecule has 90 valence electrons. The Morgan fingerprint density at radius 1 is 1.24 bits per heavy atom. The Morgan fingerprint density at radius 2 is 2.00 bits per heavy atom. The standard InChI is InChI=1S/C13H14F2N2/c14-13(15)6-12(7-13,8-16)10-2-1-3-11-9(10)4-5-17-11/h1-5,17H,6-8,16H2. The number of nitrogens with one attached hydrogen (secondary N) is 1. The zero-order valence-corrected chi connectivity index (χ0v) is 9.34. The molecule has 1 aromatic carbocycles. The average Bonchev–Trinajstić information content (AvgIpc) is 2.72.